The molecule has 0 aliphatic rings. The molecule has 3 aromatic carbocycles. The largest absolute Gasteiger partial charge is 0.487 e. The lowest BCUT2D eigenvalue weighted by Crippen LogP contribution is -2.49. The van der Waals surface area contributed by atoms with Gasteiger partial charge in [-0.15, -0.1) is 11.7 Å². The lowest BCUT2D eigenvalue weighted by Gasteiger charge is -2.28. The zero-order chi connectivity index (χ0) is 24.4. The van der Waals surface area contributed by atoms with Crippen LogP contribution in [0.1, 0.15) is 36.7 Å². The third-order valence-corrected chi connectivity index (χ3v) is 5.89. The van der Waals surface area contributed by atoms with Crippen molar-refractivity contribution in [3.63, 3.8) is 0 Å². The Labute approximate surface area is 191 Å². The molecule has 3 aromatic rings. The van der Waals surface area contributed by atoms with Gasteiger partial charge in [0.05, 0.1) is 10.5 Å². The molecule has 33 heavy (non-hydrogen) atoms. The van der Waals surface area contributed by atoms with Crippen LogP contribution in [0.5, 0.6) is 5.75 Å². The van der Waals surface area contributed by atoms with E-state index in [0.29, 0.717) is 10.9 Å². The van der Waals surface area contributed by atoms with E-state index in [1.165, 1.54) is 12.1 Å². The van der Waals surface area contributed by atoms with Crippen molar-refractivity contribution in [1.29, 1.82) is 0 Å². The van der Waals surface area contributed by atoms with Crippen LogP contribution in [0.15, 0.2) is 65.6 Å². The normalized spacial score (nSPS) is 13.4. The second-order valence-electron chi connectivity index (χ2n) is 8.61. The maximum absolute atomic E-state index is 13.1. The highest BCUT2D eigenvalue weighted by molar-refractivity contribution is 8.20. The van der Waals surface area contributed by atoms with Gasteiger partial charge in [0.1, 0.15) is 18.4 Å². The predicted molar refractivity (Wildman–Crippen MR) is 122 cm³/mol. The average molecular weight is 480 g/mol. The number of aliphatic carboxylic acids is 1. The van der Waals surface area contributed by atoms with Crippen molar-refractivity contribution in [3.8, 4) is 5.75 Å². The number of ether oxygens (including phenoxy) is 1. The maximum Gasteiger partial charge on any atom is 0.326 e. The zero-order valence-electron chi connectivity index (χ0n) is 18.3. The van der Waals surface area contributed by atoms with Crippen LogP contribution in [0.4, 0.5) is 11.7 Å². The molecule has 0 radical (unpaired) electrons. The minimum Gasteiger partial charge on any atom is -0.487 e. The van der Waals surface area contributed by atoms with Gasteiger partial charge in [0, 0.05) is 5.39 Å². The molecule has 0 saturated heterocycles. The van der Waals surface area contributed by atoms with Gasteiger partial charge < -0.3 is 15.2 Å². The number of hydrogen-bond acceptors (Lipinski definition) is 3. The van der Waals surface area contributed by atoms with Crippen LogP contribution in [0.25, 0.3) is 10.8 Å². The predicted octanol–water partition coefficient (Wildman–Crippen LogP) is 6.46. The molecule has 0 aliphatic carbocycles. The van der Waals surface area contributed by atoms with Crippen molar-refractivity contribution >= 4 is 33.8 Å². The zero-order valence-corrected chi connectivity index (χ0v) is 19.1. The van der Waals surface area contributed by atoms with E-state index in [0.717, 1.165) is 17.5 Å². The second kappa shape index (κ2) is 9.35. The Kier molecular flexibility index (Phi) is 6.92. The summed E-state index contributed by atoms with van der Waals surface area (Å²) in [5, 5.41) is 13.5. The third kappa shape index (κ3) is 5.78. The Morgan fingerprint density at radius 1 is 1.00 bits per heavy atom. The summed E-state index contributed by atoms with van der Waals surface area (Å²) in [5.74, 6) is -1.55. The standard InChI is InChI=1S/C24H24F3NO4S/c1-24(2,3)21(23(30)31)28-22(29)19-13-10-16-6-4-5-7-18(16)20(19)32-14-15-8-11-17(12-9-15)33(25,26)27/h4-13,21H,14H2,1-3H3,(H,28,29)(H,30,31)/t21-/m1/s1. The van der Waals surface area contributed by atoms with Gasteiger partial charge in [-0.2, -0.15) is 0 Å². The van der Waals surface area contributed by atoms with Crippen molar-refractivity contribution < 1.29 is 31.1 Å². The average Bonchev–Trinajstić information content (AvgIpc) is 2.74. The molecule has 0 bridgehead atoms. The second-order valence-corrected chi connectivity index (χ2v) is 9.90. The molecule has 0 fully saturated rings. The molecule has 3 rings (SSSR count). The van der Waals surface area contributed by atoms with Crippen molar-refractivity contribution in [2.45, 2.75) is 38.3 Å². The Hall–Kier alpha value is -3.20. The highest BCUT2D eigenvalue weighted by Crippen LogP contribution is 2.60. The van der Waals surface area contributed by atoms with E-state index in [-0.39, 0.29) is 17.9 Å². The third-order valence-electron chi connectivity index (χ3n) is 5.09. The number of rotatable bonds is 7. The molecule has 0 unspecified atom stereocenters. The number of carboxylic acids is 1. The first kappa shape index (κ1) is 24.4. The molecular weight excluding hydrogens is 455 g/mol. The number of benzene rings is 3. The number of nitrogens with one attached hydrogen (secondary N) is 1. The summed E-state index contributed by atoms with van der Waals surface area (Å²) in [5.41, 5.74) is -0.0953. The van der Waals surface area contributed by atoms with Crippen molar-refractivity contribution in [2.75, 3.05) is 0 Å². The minimum absolute atomic E-state index is 0.0661. The first-order valence-corrected chi connectivity index (χ1v) is 11.4. The lowest BCUT2D eigenvalue weighted by atomic mass is 9.86. The van der Waals surface area contributed by atoms with Gasteiger partial charge in [-0.1, -0.05) is 63.2 Å². The summed E-state index contributed by atoms with van der Waals surface area (Å²) in [4.78, 5) is 24.1. The monoisotopic (exact) mass is 479 g/mol. The van der Waals surface area contributed by atoms with E-state index in [1.54, 1.807) is 45.0 Å². The smallest absolute Gasteiger partial charge is 0.326 e. The summed E-state index contributed by atoms with van der Waals surface area (Å²) in [6, 6.07) is 14.0. The molecule has 0 aromatic heterocycles. The molecule has 1 amide bonds. The fraction of sp³-hybridized carbons (Fsp3) is 0.250. The van der Waals surface area contributed by atoms with Crippen molar-refractivity contribution in [3.05, 3.63) is 71.8 Å². The van der Waals surface area contributed by atoms with E-state index < -0.39 is 39.4 Å². The van der Waals surface area contributed by atoms with Gasteiger partial charge in [0.2, 0.25) is 11.2 Å². The Morgan fingerprint density at radius 2 is 1.64 bits per heavy atom. The summed E-state index contributed by atoms with van der Waals surface area (Å²) in [7, 11) is 0. The highest BCUT2D eigenvalue weighted by Gasteiger charge is 2.33. The molecule has 2 N–H and O–H groups in total. The van der Waals surface area contributed by atoms with E-state index in [4.69, 9.17) is 4.74 Å². The molecule has 176 valence electrons. The Balaban J connectivity index is 1.94. The molecule has 0 heterocycles. The van der Waals surface area contributed by atoms with E-state index in [1.807, 2.05) is 12.1 Å². The van der Waals surface area contributed by atoms with Gasteiger partial charge in [-0.3, -0.25) is 4.79 Å². The van der Waals surface area contributed by atoms with Gasteiger partial charge in [-0.25, -0.2) is 4.79 Å². The Bertz CT molecular complexity index is 1170. The molecule has 9 heteroatoms. The maximum atomic E-state index is 13.1. The summed E-state index contributed by atoms with van der Waals surface area (Å²) in [6.07, 6.45) is 0. The number of carbonyl (C=O) groups is 2. The van der Waals surface area contributed by atoms with Crippen molar-refractivity contribution in [2.24, 2.45) is 5.41 Å². The van der Waals surface area contributed by atoms with Gasteiger partial charge in [0.25, 0.3) is 5.91 Å². The van der Waals surface area contributed by atoms with Crippen LogP contribution in [-0.2, 0) is 11.4 Å². The molecule has 0 saturated carbocycles. The van der Waals surface area contributed by atoms with Crippen LogP contribution in [0, 0.1) is 5.41 Å². The summed E-state index contributed by atoms with van der Waals surface area (Å²) in [6.45, 7) is 5.05. The molecule has 0 aliphatic heterocycles. The van der Waals surface area contributed by atoms with Crippen LogP contribution >= 0.6 is 11.2 Å². The highest BCUT2D eigenvalue weighted by atomic mass is 32.3. The number of halogens is 3. The van der Waals surface area contributed by atoms with E-state index >= 15 is 0 Å². The molecule has 0 spiro atoms. The lowest BCUT2D eigenvalue weighted by molar-refractivity contribution is -0.142. The SMILES string of the molecule is CC(C)(C)[C@H](NC(=O)c1ccc2ccccc2c1OCc1ccc(S(F)(F)F)cc1)C(=O)O. The summed E-state index contributed by atoms with van der Waals surface area (Å²) < 4.78 is 44.6. The summed E-state index contributed by atoms with van der Waals surface area (Å²) >= 11 is -5.31. The Morgan fingerprint density at radius 3 is 2.21 bits per heavy atom. The molecule has 1 atom stereocenters. The minimum atomic E-state index is -5.31. The fourth-order valence-electron chi connectivity index (χ4n) is 3.33. The van der Waals surface area contributed by atoms with Crippen LogP contribution in [-0.4, -0.2) is 23.0 Å². The first-order chi connectivity index (χ1) is 15.4. The van der Waals surface area contributed by atoms with Crippen LogP contribution < -0.4 is 10.1 Å². The van der Waals surface area contributed by atoms with E-state index in [2.05, 4.69) is 5.32 Å². The van der Waals surface area contributed by atoms with Gasteiger partial charge in [0.15, 0.2) is 0 Å². The fourth-order valence-corrected chi connectivity index (χ4v) is 3.78. The first-order valence-electron chi connectivity index (χ1n) is 10.1. The van der Waals surface area contributed by atoms with Crippen LogP contribution in [0.2, 0.25) is 0 Å². The topological polar surface area (TPSA) is 75.6 Å². The van der Waals surface area contributed by atoms with Gasteiger partial charge in [-0.05, 0) is 34.6 Å². The number of carbonyl (C=O) groups excluding carboxylic acids is 1. The quantitative estimate of drug-likeness (QED) is 0.408. The number of carboxylic acid groups (broad SMARTS) is 1. The van der Waals surface area contributed by atoms with Crippen molar-refractivity contribution in [1.82, 2.24) is 5.32 Å². The number of hydrogen-bond donors (Lipinski definition) is 2. The molecular formula is C24H24F3NO4S. The van der Waals surface area contributed by atoms with Gasteiger partial charge >= 0.3 is 5.97 Å². The van der Waals surface area contributed by atoms with E-state index in [9.17, 15) is 26.4 Å². The number of amides is 1. The number of fused-ring (bicyclic) bond motifs is 1. The van der Waals surface area contributed by atoms with Crippen LogP contribution in [0.3, 0.4) is 0 Å². The molecule has 5 nitrogen and oxygen atoms in total.